The van der Waals surface area contributed by atoms with Gasteiger partial charge in [-0.3, -0.25) is 13.9 Å². The SMILES string of the molecule is C[C@H](C(=O)NC1CCCCC1)N(Cc1cccc(Cl)c1)C(=O)CN(c1ccc(F)cc1)S(C)(=O)=O. The number of rotatable bonds is 9. The normalized spacial score (nSPS) is 15.3. The van der Waals surface area contributed by atoms with Gasteiger partial charge in [0.25, 0.3) is 0 Å². The van der Waals surface area contributed by atoms with Gasteiger partial charge in [-0.05, 0) is 61.7 Å². The summed E-state index contributed by atoms with van der Waals surface area (Å²) in [4.78, 5) is 28.0. The summed E-state index contributed by atoms with van der Waals surface area (Å²) < 4.78 is 39.3. The minimum absolute atomic E-state index is 0.0635. The molecule has 1 atom stereocenters. The van der Waals surface area contributed by atoms with Gasteiger partial charge in [0.1, 0.15) is 18.4 Å². The quantitative estimate of drug-likeness (QED) is 0.536. The van der Waals surface area contributed by atoms with E-state index in [9.17, 15) is 22.4 Å². The average Bonchev–Trinajstić information content (AvgIpc) is 2.81. The molecule has 10 heteroatoms. The van der Waals surface area contributed by atoms with Crippen molar-refractivity contribution in [2.45, 2.75) is 57.7 Å². The lowest BCUT2D eigenvalue weighted by Gasteiger charge is -2.33. The highest BCUT2D eigenvalue weighted by Crippen LogP contribution is 2.21. The molecule has 2 amide bonds. The van der Waals surface area contributed by atoms with E-state index in [1.54, 1.807) is 31.2 Å². The number of sulfonamides is 1. The molecule has 35 heavy (non-hydrogen) atoms. The minimum atomic E-state index is -3.87. The van der Waals surface area contributed by atoms with Crippen LogP contribution in [0.2, 0.25) is 5.02 Å². The van der Waals surface area contributed by atoms with E-state index < -0.39 is 34.3 Å². The van der Waals surface area contributed by atoms with Crippen LogP contribution in [0.25, 0.3) is 0 Å². The van der Waals surface area contributed by atoms with Crippen molar-refractivity contribution in [1.29, 1.82) is 0 Å². The van der Waals surface area contributed by atoms with Crippen molar-refractivity contribution < 1.29 is 22.4 Å². The second-order valence-corrected chi connectivity index (χ2v) is 11.3. The molecule has 0 aromatic heterocycles. The molecule has 2 aromatic rings. The Kier molecular flexibility index (Phi) is 9.13. The summed E-state index contributed by atoms with van der Waals surface area (Å²) >= 11 is 6.11. The molecule has 0 saturated heterocycles. The van der Waals surface area contributed by atoms with Crippen LogP contribution in [0.1, 0.15) is 44.6 Å². The van der Waals surface area contributed by atoms with E-state index in [2.05, 4.69) is 5.32 Å². The van der Waals surface area contributed by atoms with Crippen molar-refractivity contribution in [1.82, 2.24) is 10.2 Å². The molecule has 3 rings (SSSR count). The van der Waals surface area contributed by atoms with E-state index in [1.165, 1.54) is 17.0 Å². The summed E-state index contributed by atoms with van der Waals surface area (Å²) in [7, 11) is -3.87. The van der Waals surface area contributed by atoms with Crippen molar-refractivity contribution in [3.05, 3.63) is 64.9 Å². The highest BCUT2D eigenvalue weighted by Gasteiger charge is 2.31. The molecule has 1 saturated carbocycles. The van der Waals surface area contributed by atoms with Gasteiger partial charge in [-0.1, -0.05) is 43.0 Å². The molecule has 7 nitrogen and oxygen atoms in total. The van der Waals surface area contributed by atoms with Gasteiger partial charge in [0, 0.05) is 17.6 Å². The van der Waals surface area contributed by atoms with E-state index in [-0.39, 0.29) is 24.2 Å². The van der Waals surface area contributed by atoms with Gasteiger partial charge >= 0.3 is 0 Å². The minimum Gasteiger partial charge on any atom is -0.352 e. The predicted molar refractivity (Wildman–Crippen MR) is 135 cm³/mol. The largest absolute Gasteiger partial charge is 0.352 e. The maximum absolute atomic E-state index is 13.5. The lowest BCUT2D eigenvalue weighted by atomic mass is 9.95. The Bertz CT molecular complexity index is 1140. The molecular formula is C25H31ClFN3O4S. The molecule has 2 aromatic carbocycles. The third kappa shape index (κ3) is 7.67. The van der Waals surface area contributed by atoms with Crippen LogP contribution < -0.4 is 9.62 Å². The molecule has 1 N–H and O–H groups in total. The number of halogens is 2. The predicted octanol–water partition coefficient (Wildman–Crippen LogP) is 4.11. The van der Waals surface area contributed by atoms with Crippen LogP contribution in [0, 0.1) is 5.82 Å². The molecule has 0 heterocycles. The first-order valence-corrected chi connectivity index (χ1v) is 13.8. The van der Waals surface area contributed by atoms with Crippen LogP contribution in [-0.4, -0.2) is 50.0 Å². The Morgan fingerprint density at radius 1 is 1.11 bits per heavy atom. The molecule has 1 fully saturated rings. The number of hydrogen-bond acceptors (Lipinski definition) is 4. The molecule has 1 aliphatic rings. The summed E-state index contributed by atoms with van der Waals surface area (Å²) in [6, 6.07) is 11.0. The summed E-state index contributed by atoms with van der Waals surface area (Å²) in [6.45, 7) is 1.16. The van der Waals surface area contributed by atoms with E-state index in [0.29, 0.717) is 10.6 Å². The Labute approximate surface area is 211 Å². The Balaban J connectivity index is 1.86. The van der Waals surface area contributed by atoms with Crippen LogP contribution >= 0.6 is 11.6 Å². The second kappa shape index (κ2) is 11.9. The number of carbonyl (C=O) groups is 2. The van der Waals surface area contributed by atoms with Crippen LogP contribution in [-0.2, 0) is 26.2 Å². The van der Waals surface area contributed by atoms with Crippen LogP contribution in [0.5, 0.6) is 0 Å². The first-order chi connectivity index (χ1) is 16.5. The smallest absolute Gasteiger partial charge is 0.244 e. The number of hydrogen-bond donors (Lipinski definition) is 1. The van der Waals surface area contributed by atoms with Crippen molar-refractivity contribution in [3.63, 3.8) is 0 Å². The highest BCUT2D eigenvalue weighted by atomic mass is 35.5. The molecule has 0 bridgehead atoms. The zero-order chi connectivity index (χ0) is 25.6. The van der Waals surface area contributed by atoms with Crippen LogP contribution in [0.15, 0.2) is 48.5 Å². The standard InChI is InChI=1S/C25H31ClFN3O4S/c1-18(25(32)28-22-9-4-3-5-10-22)29(16-19-7-6-8-20(26)15-19)24(31)17-30(35(2,33)34)23-13-11-21(27)12-14-23/h6-8,11-15,18,22H,3-5,9-10,16-17H2,1-2H3,(H,28,32)/t18-/m1/s1. The summed E-state index contributed by atoms with van der Waals surface area (Å²) in [5, 5.41) is 3.52. The Hall–Kier alpha value is -2.65. The lowest BCUT2D eigenvalue weighted by Crippen LogP contribution is -2.52. The molecule has 190 valence electrons. The van der Waals surface area contributed by atoms with E-state index in [0.717, 1.165) is 54.8 Å². The number of nitrogens with zero attached hydrogens (tertiary/aromatic N) is 2. The maximum atomic E-state index is 13.5. The second-order valence-electron chi connectivity index (χ2n) is 8.92. The van der Waals surface area contributed by atoms with E-state index in [1.807, 2.05) is 0 Å². The summed E-state index contributed by atoms with van der Waals surface area (Å²) in [6.07, 6.45) is 6.01. The molecule has 1 aliphatic carbocycles. The van der Waals surface area contributed by atoms with Gasteiger partial charge in [-0.2, -0.15) is 0 Å². The maximum Gasteiger partial charge on any atom is 0.244 e. The Morgan fingerprint density at radius 2 is 1.77 bits per heavy atom. The Morgan fingerprint density at radius 3 is 2.37 bits per heavy atom. The zero-order valence-corrected chi connectivity index (χ0v) is 21.5. The van der Waals surface area contributed by atoms with Gasteiger partial charge in [-0.25, -0.2) is 12.8 Å². The molecular weight excluding hydrogens is 493 g/mol. The number of nitrogens with one attached hydrogen (secondary N) is 1. The van der Waals surface area contributed by atoms with Gasteiger partial charge < -0.3 is 10.2 Å². The number of benzene rings is 2. The topological polar surface area (TPSA) is 86.8 Å². The molecule has 0 unspecified atom stereocenters. The zero-order valence-electron chi connectivity index (χ0n) is 19.9. The van der Waals surface area contributed by atoms with E-state index >= 15 is 0 Å². The van der Waals surface area contributed by atoms with Crippen LogP contribution in [0.3, 0.4) is 0 Å². The monoisotopic (exact) mass is 523 g/mol. The van der Waals surface area contributed by atoms with Crippen molar-refractivity contribution in [2.24, 2.45) is 0 Å². The van der Waals surface area contributed by atoms with Crippen molar-refractivity contribution >= 4 is 39.1 Å². The highest BCUT2D eigenvalue weighted by molar-refractivity contribution is 7.92. The van der Waals surface area contributed by atoms with Crippen molar-refractivity contribution in [2.75, 3.05) is 17.1 Å². The van der Waals surface area contributed by atoms with E-state index in [4.69, 9.17) is 11.6 Å². The molecule has 0 spiro atoms. The van der Waals surface area contributed by atoms with Crippen molar-refractivity contribution in [3.8, 4) is 0 Å². The third-order valence-electron chi connectivity index (χ3n) is 6.15. The fourth-order valence-electron chi connectivity index (χ4n) is 4.20. The van der Waals surface area contributed by atoms with Gasteiger partial charge in [0.15, 0.2) is 0 Å². The van der Waals surface area contributed by atoms with Gasteiger partial charge in [0.05, 0.1) is 11.9 Å². The summed E-state index contributed by atoms with van der Waals surface area (Å²) in [5.74, 6) is -1.38. The number of anilines is 1. The molecule has 0 radical (unpaired) electrons. The summed E-state index contributed by atoms with van der Waals surface area (Å²) in [5.41, 5.74) is 0.861. The number of carbonyl (C=O) groups excluding carboxylic acids is 2. The van der Waals surface area contributed by atoms with Gasteiger partial charge in [-0.15, -0.1) is 0 Å². The third-order valence-corrected chi connectivity index (χ3v) is 7.53. The number of amides is 2. The van der Waals surface area contributed by atoms with Crippen LogP contribution in [0.4, 0.5) is 10.1 Å². The first kappa shape index (κ1) is 26.9. The fourth-order valence-corrected chi connectivity index (χ4v) is 5.27. The average molecular weight is 524 g/mol. The lowest BCUT2D eigenvalue weighted by molar-refractivity contribution is -0.139. The van der Waals surface area contributed by atoms with Gasteiger partial charge in [0.2, 0.25) is 21.8 Å². The molecule has 0 aliphatic heterocycles. The first-order valence-electron chi connectivity index (χ1n) is 11.6. The fraction of sp³-hybridized carbons (Fsp3) is 0.440.